The summed E-state index contributed by atoms with van der Waals surface area (Å²) >= 11 is 18.1. The zero-order valence-electron chi connectivity index (χ0n) is 8.60. The molecule has 0 saturated heterocycles. The van der Waals surface area contributed by atoms with E-state index < -0.39 is 0 Å². The van der Waals surface area contributed by atoms with Crippen LogP contribution in [0.4, 0.5) is 0 Å². The van der Waals surface area contributed by atoms with Gasteiger partial charge in [0.25, 0.3) is 0 Å². The third kappa shape index (κ3) is 2.35. The highest BCUT2D eigenvalue weighted by molar-refractivity contribution is 6.35. The number of aryl methyl sites for hydroxylation is 1. The van der Waals surface area contributed by atoms with Crippen LogP contribution in [-0.4, -0.2) is 0 Å². The van der Waals surface area contributed by atoms with Crippen LogP contribution in [-0.2, 0) is 0 Å². The van der Waals surface area contributed by atoms with Crippen LogP contribution in [0.15, 0.2) is 36.4 Å². The Labute approximate surface area is 110 Å². The lowest BCUT2D eigenvalue weighted by Gasteiger charge is -2.07. The van der Waals surface area contributed by atoms with Crippen LogP contribution in [0, 0.1) is 6.92 Å². The first-order chi connectivity index (χ1) is 7.58. The van der Waals surface area contributed by atoms with Crippen LogP contribution >= 0.6 is 34.8 Å². The van der Waals surface area contributed by atoms with Crippen molar-refractivity contribution in [2.24, 2.45) is 0 Å². The van der Waals surface area contributed by atoms with Crippen LogP contribution in [0.25, 0.3) is 11.1 Å². The molecule has 2 aromatic carbocycles. The Balaban J connectivity index is 2.58. The van der Waals surface area contributed by atoms with Gasteiger partial charge in [0.05, 0.1) is 0 Å². The van der Waals surface area contributed by atoms with Crippen molar-refractivity contribution in [3.63, 3.8) is 0 Å². The number of benzene rings is 2. The molecule has 0 unspecified atom stereocenters. The zero-order valence-corrected chi connectivity index (χ0v) is 10.9. The van der Waals surface area contributed by atoms with E-state index in [-0.39, 0.29) is 0 Å². The van der Waals surface area contributed by atoms with Gasteiger partial charge in [0.2, 0.25) is 0 Å². The van der Waals surface area contributed by atoms with Crippen molar-refractivity contribution in [2.75, 3.05) is 0 Å². The summed E-state index contributed by atoms with van der Waals surface area (Å²) in [5.41, 5.74) is 2.92. The molecular weight excluding hydrogens is 263 g/mol. The van der Waals surface area contributed by atoms with Gasteiger partial charge >= 0.3 is 0 Å². The summed E-state index contributed by atoms with van der Waals surface area (Å²) in [7, 11) is 0. The molecule has 0 aliphatic rings. The maximum absolute atomic E-state index is 6.12. The molecule has 0 saturated carbocycles. The molecule has 0 amide bonds. The number of hydrogen-bond donors (Lipinski definition) is 0. The zero-order chi connectivity index (χ0) is 11.7. The lowest BCUT2D eigenvalue weighted by atomic mass is 10.0. The van der Waals surface area contributed by atoms with E-state index in [0.717, 1.165) is 21.7 Å². The molecule has 2 aromatic rings. The summed E-state index contributed by atoms with van der Waals surface area (Å²) in [5, 5.41) is 2.06. The van der Waals surface area contributed by atoms with Crippen molar-refractivity contribution in [1.29, 1.82) is 0 Å². The second kappa shape index (κ2) is 4.67. The molecule has 0 atom stereocenters. The van der Waals surface area contributed by atoms with Gasteiger partial charge in [0.1, 0.15) is 0 Å². The minimum Gasteiger partial charge on any atom is -0.0843 e. The summed E-state index contributed by atoms with van der Waals surface area (Å²) in [4.78, 5) is 0. The summed E-state index contributed by atoms with van der Waals surface area (Å²) in [5.74, 6) is 0. The van der Waals surface area contributed by atoms with Crippen molar-refractivity contribution in [2.45, 2.75) is 6.92 Å². The average molecular weight is 272 g/mol. The molecule has 16 heavy (non-hydrogen) atoms. The molecule has 0 heterocycles. The first-order valence-electron chi connectivity index (χ1n) is 4.79. The topological polar surface area (TPSA) is 0 Å². The molecule has 0 N–H and O–H groups in total. The first-order valence-corrected chi connectivity index (χ1v) is 5.93. The highest BCUT2D eigenvalue weighted by Crippen LogP contribution is 2.32. The highest BCUT2D eigenvalue weighted by Gasteiger charge is 2.06. The molecule has 0 fully saturated rings. The van der Waals surface area contributed by atoms with E-state index in [4.69, 9.17) is 34.8 Å². The fourth-order valence-corrected chi connectivity index (χ4v) is 2.06. The van der Waals surface area contributed by atoms with Crippen molar-refractivity contribution in [1.82, 2.24) is 0 Å². The molecule has 2 rings (SSSR count). The second-order valence-corrected chi connectivity index (χ2v) is 4.84. The molecule has 3 heteroatoms. The second-order valence-electron chi connectivity index (χ2n) is 3.59. The van der Waals surface area contributed by atoms with E-state index in [0.29, 0.717) is 10.0 Å². The molecule has 0 radical (unpaired) electrons. The van der Waals surface area contributed by atoms with Gasteiger partial charge in [-0.15, -0.1) is 0 Å². The lowest BCUT2D eigenvalue weighted by molar-refractivity contribution is 1.47. The average Bonchev–Trinajstić information content (AvgIpc) is 2.26. The van der Waals surface area contributed by atoms with Crippen LogP contribution in [0.5, 0.6) is 0 Å². The molecule has 82 valence electrons. The summed E-state index contributed by atoms with van der Waals surface area (Å²) in [6.45, 7) is 1.96. The van der Waals surface area contributed by atoms with Crippen molar-refractivity contribution >= 4 is 34.8 Å². The van der Waals surface area contributed by atoms with Gasteiger partial charge in [-0.1, -0.05) is 46.9 Å². The van der Waals surface area contributed by atoms with Crippen molar-refractivity contribution < 1.29 is 0 Å². The quantitative estimate of drug-likeness (QED) is 0.631. The van der Waals surface area contributed by atoms with Crippen molar-refractivity contribution in [3.05, 3.63) is 57.0 Å². The van der Waals surface area contributed by atoms with Crippen LogP contribution in [0.3, 0.4) is 0 Å². The van der Waals surface area contributed by atoms with Gasteiger partial charge in [0.15, 0.2) is 0 Å². The van der Waals surface area contributed by atoms with Gasteiger partial charge < -0.3 is 0 Å². The summed E-state index contributed by atoms with van der Waals surface area (Å²) in [6.07, 6.45) is 0. The van der Waals surface area contributed by atoms with E-state index in [2.05, 4.69) is 0 Å². The van der Waals surface area contributed by atoms with E-state index in [1.165, 1.54) is 0 Å². The normalized spacial score (nSPS) is 10.5. The number of hydrogen-bond acceptors (Lipinski definition) is 0. The van der Waals surface area contributed by atoms with Crippen LogP contribution < -0.4 is 0 Å². The molecule has 0 spiro atoms. The standard InChI is InChI=1S/C13H9Cl3/c1-8-2-3-9(6-13(8)16)11-7-10(14)4-5-12(11)15/h2-7H,1H3. The molecule has 0 aliphatic carbocycles. The minimum atomic E-state index is 0.663. The van der Waals surface area contributed by atoms with Gasteiger partial charge in [-0.3, -0.25) is 0 Å². The largest absolute Gasteiger partial charge is 0.0843 e. The maximum atomic E-state index is 6.12. The highest BCUT2D eigenvalue weighted by atomic mass is 35.5. The minimum absolute atomic E-state index is 0.663. The van der Waals surface area contributed by atoms with E-state index in [1.54, 1.807) is 12.1 Å². The smallest absolute Gasteiger partial charge is 0.0485 e. The molecule has 0 aliphatic heterocycles. The summed E-state index contributed by atoms with van der Waals surface area (Å²) < 4.78 is 0. The first kappa shape index (κ1) is 11.8. The van der Waals surface area contributed by atoms with Gasteiger partial charge in [0, 0.05) is 20.6 Å². The maximum Gasteiger partial charge on any atom is 0.0485 e. The molecule has 0 bridgehead atoms. The number of rotatable bonds is 1. The molecule has 0 nitrogen and oxygen atoms in total. The molecular formula is C13H9Cl3. The third-order valence-corrected chi connectivity index (χ3v) is 3.38. The fourth-order valence-electron chi connectivity index (χ4n) is 1.48. The Morgan fingerprint density at radius 2 is 1.56 bits per heavy atom. The monoisotopic (exact) mass is 270 g/mol. The Bertz CT molecular complexity index is 533. The summed E-state index contributed by atoms with van der Waals surface area (Å²) in [6, 6.07) is 11.2. The van der Waals surface area contributed by atoms with Crippen LogP contribution in [0.1, 0.15) is 5.56 Å². The Morgan fingerprint density at radius 3 is 2.25 bits per heavy atom. The predicted octanol–water partition coefficient (Wildman–Crippen LogP) is 5.62. The van der Waals surface area contributed by atoms with Gasteiger partial charge in [-0.05, 0) is 42.3 Å². The van der Waals surface area contributed by atoms with Gasteiger partial charge in [-0.25, -0.2) is 0 Å². The van der Waals surface area contributed by atoms with E-state index in [1.807, 2.05) is 31.2 Å². The third-order valence-electron chi connectivity index (χ3n) is 2.41. The van der Waals surface area contributed by atoms with E-state index in [9.17, 15) is 0 Å². The Kier molecular flexibility index (Phi) is 3.44. The van der Waals surface area contributed by atoms with Crippen molar-refractivity contribution in [3.8, 4) is 11.1 Å². The lowest BCUT2D eigenvalue weighted by Crippen LogP contribution is -1.82. The van der Waals surface area contributed by atoms with Gasteiger partial charge in [-0.2, -0.15) is 0 Å². The Morgan fingerprint density at radius 1 is 0.812 bits per heavy atom. The SMILES string of the molecule is Cc1ccc(-c2cc(Cl)ccc2Cl)cc1Cl. The molecule has 0 aromatic heterocycles. The van der Waals surface area contributed by atoms with Crippen LogP contribution in [0.2, 0.25) is 15.1 Å². The number of halogens is 3. The fraction of sp³-hybridized carbons (Fsp3) is 0.0769. The van der Waals surface area contributed by atoms with E-state index >= 15 is 0 Å². The Hall–Kier alpha value is -0.690. The predicted molar refractivity (Wildman–Crippen MR) is 71.6 cm³/mol.